The van der Waals surface area contributed by atoms with Crippen molar-refractivity contribution in [1.29, 1.82) is 0 Å². The van der Waals surface area contributed by atoms with Crippen LogP contribution in [-0.4, -0.2) is 35.8 Å². The zero-order valence-electron chi connectivity index (χ0n) is 18.1. The van der Waals surface area contributed by atoms with Crippen molar-refractivity contribution in [2.24, 2.45) is 5.92 Å². The fourth-order valence-electron chi connectivity index (χ4n) is 3.64. The molecule has 2 amide bonds. The van der Waals surface area contributed by atoms with Crippen LogP contribution in [0.4, 0.5) is 13.2 Å². The molecule has 2 aromatic rings. The Morgan fingerprint density at radius 3 is 2.48 bits per heavy atom. The minimum Gasteiger partial charge on any atom is -0.484 e. The molecule has 33 heavy (non-hydrogen) atoms. The van der Waals surface area contributed by atoms with Gasteiger partial charge in [-0.15, -0.1) is 13.2 Å². The minimum absolute atomic E-state index is 0.0453. The number of halogens is 3. The number of aromatic nitrogens is 1. The number of oxazole rings is 1. The predicted octanol–water partition coefficient (Wildman–Crippen LogP) is 3.97. The number of ether oxygens (including phenoxy) is 2. The average molecular weight is 469 g/mol. The Labute approximate surface area is 188 Å². The first-order valence-corrected chi connectivity index (χ1v) is 10.7. The quantitative estimate of drug-likeness (QED) is 0.576. The van der Waals surface area contributed by atoms with Crippen LogP contribution in [-0.2, 0) is 11.3 Å². The Bertz CT molecular complexity index is 924. The highest BCUT2D eigenvalue weighted by molar-refractivity contribution is 5.92. The number of hydrogen-bond acceptors (Lipinski definition) is 6. The summed E-state index contributed by atoms with van der Waals surface area (Å²) in [6, 6.07) is 4.71. The molecular formula is C22H26F3N3O5. The summed E-state index contributed by atoms with van der Waals surface area (Å²) in [5.74, 6) is -0.399. The van der Waals surface area contributed by atoms with Crippen molar-refractivity contribution in [3.63, 3.8) is 0 Å². The third-order valence-electron chi connectivity index (χ3n) is 5.36. The number of amides is 2. The van der Waals surface area contributed by atoms with Crippen LogP contribution in [0.5, 0.6) is 11.5 Å². The molecule has 1 aliphatic rings. The molecule has 1 heterocycles. The smallest absolute Gasteiger partial charge is 0.484 e. The molecule has 1 atom stereocenters. The number of alkyl halides is 3. The summed E-state index contributed by atoms with van der Waals surface area (Å²) < 4.78 is 50.7. The maximum Gasteiger partial charge on any atom is 0.573 e. The molecule has 0 aliphatic heterocycles. The van der Waals surface area contributed by atoms with Crippen LogP contribution in [0, 0.1) is 5.92 Å². The summed E-state index contributed by atoms with van der Waals surface area (Å²) in [5, 5.41) is 5.49. The van der Waals surface area contributed by atoms with Crippen molar-refractivity contribution in [1.82, 2.24) is 15.6 Å². The zero-order valence-corrected chi connectivity index (χ0v) is 18.1. The molecule has 8 nitrogen and oxygen atoms in total. The molecule has 0 saturated heterocycles. The van der Waals surface area contributed by atoms with E-state index < -0.39 is 18.0 Å². The van der Waals surface area contributed by atoms with E-state index in [4.69, 9.17) is 9.15 Å². The first-order valence-electron chi connectivity index (χ1n) is 10.7. The molecule has 0 spiro atoms. The van der Waals surface area contributed by atoms with E-state index in [1.165, 1.54) is 37.7 Å². The normalized spacial score (nSPS) is 15.5. The zero-order chi connectivity index (χ0) is 23.8. The van der Waals surface area contributed by atoms with E-state index in [1.807, 2.05) is 6.92 Å². The Morgan fingerprint density at radius 2 is 1.82 bits per heavy atom. The van der Waals surface area contributed by atoms with Gasteiger partial charge in [0.1, 0.15) is 17.8 Å². The van der Waals surface area contributed by atoms with Gasteiger partial charge in [-0.05, 0) is 49.9 Å². The summed E-state index contributed by atoms with van der Waals surface area (Å²) in [4.78, 5) is 28.4. The summed E-state index contributed by atoms with van der Waals surface area (Å²) in [5.41, 5.74) is 0.138. The van der Waals surface area contributed by atoms with Gasteiger partial charge in [-0.3, -0.25) is 9.59 Å². The number of benzene rings is 1. The Morgan fingerprint density at radius 1 is 1.15 bits per heavy atom. The van der Waals surface area contributed by atoms with Crippen LogP contribution in [0.15, 0.2) is 34.9 Å². The number of rotatable bonds is 9. The van der Waals surface area contributed by atoms with Crippen LogP contribution in [0.25, 0.3) is 0 Å². The molecule has 2 N–H and O–H groups in total. The van der Waals surface area contributed by atoms with Gasteiger partial charge in [0.2, 0.25) is 5.89 Å². The standard InChI is InChI=1S/C22H26F3N3O5/c1-14(15-5-3-2-4-6-15)27-21(30)18-12-32-20(28-18)11-26-19(29)13-31-16-7-9-17(10-8-16)33-22(23,24)25/h7-10,12,14-15H,2-6,11,13H2,1H3,(H,26,29)(H,27,30)/t14-/m0/s1. The SMILES string of the molecule is C[C@H](NC(=O)c1coc(CNC(=O)COc2ccc(OC(F)(F)F)cc2)n1)C1CCCCC1. The Hall–Kier alpha value is -3.24. The van der Waals surface area contributed by atoms with E-state index in [9.17, 15) is 22.8 Å². The highest BCUT2D eigenvalue weighted by Gasteiger charge is 2.31. The number of carbonyl (C=O) groups is 2. The van der Waals surface area contributed by atoms with Crippen molar-refractivity contribution >= 4 is 11.8 Å². The summed E-state index contributed by atoms with van der Waals surface area (Å²) >= 11 is 0. The molecular weight excluding hydrogens is 443 g/mol. The second-order valence-electron chi connectivity index (χ2n) is 7.87. The fourth-order valence-corrected chi connectivity index (χ4v) is 3.64. The molecule has 0 unspecified atom stereocenters. The second-order valence-corrected chi connectivity index (χ2v) is 7.87. The van der Waals surface area contributed by atoms with Crippen molar-refractivity contribution in [2.75, 3.05) is 6.61 Å². The summed E-state index contributed by atoms with van der Waals surface area (Å²) in [7, 11) is 0. The lowest BCUT2D eigenvalue weighted by atomic mass is 9.84. The lowest BCUT2D eigenvalue weighted by molar-refractivity contribution is -0.274. The molecule has 0 bridgehead atoms. The fraction of sp³-hybridized carbons (Fsp3) is 0.500. The molecule has 1 saturated carbocycles. The summed E-state index contributed by atoms with van der Waals surface area (Å²) in [6.07, 6.45) is 2.27. The van der Waals surface area contributed by atoms with Crippen LogP contribution in [0.1, 0.15) is 55.4 Å². The van der Waals surface area contributed by atoms with Gasteiger partial charge < -0.3 is 24.5 Å². The summed E-state index contributed by atoms with van der Waals surface area (Å²) in [6.45, 7) is 1.57. The maximum absolute atomic E-state index is 12.4. The number of nitrogens with one attached hydrogen (secondary N) is 2. The predicted molar refractivity (Wildman–Crippen MR) is 110 cm³/mol. The molecule has 0 radical (unpaired) electrons. The van der Waals surface area contributed by atoms with Crippen LogP contribution < -0.4 is 20.1 Å². The van der Waals surface area contributed by atoms with E-state index in [0.29, 0.717) is 5.92 Å². The molecule has 3 rings (SSSR count). The van der Waals surface area contributed by atoms with Crippen LogP contribution in [0.3, 0.4) is 0 Å². The van der Waals surface area contributed by atoms with Gasteiger partial charge in [0.25, 0.3) is 11.8 Å². The first kappa shape index (κ1) is 24.4. The topological polar surface area (TPSA) is 103 Å². The number of hydrogen-bond donors (Lipinski definition) is 2. The van der Waals surface area contributed by atoms with Crippen LogP contribution in [0.2, 0.25) is 0 Å². The first-order chi connectivity index (χ1) is 15.7. The van der Waals surface area contributed by atoms with E-state index >= 15 is 0 Å². The lowest BCUT2D eigenvalue weighted by Gasteiger charge is -2.27. The van der Waals surface area contributed by atoms with Gasteiger partial charge in [0, 0.05) is 6.04 Å². The molecule has 1 aliphatic carbocycles. The highest BCUT2D eigenvalue weighted by atomic mass is 19.4. The van der Waals surface area contributed by atoms with Gasteiger partial charge in [0.05, 0.1) is 6.54 Å². The van der Waals surface area contributed by atoms with E-state index in [2.05, 4.69) is 20.4 Å². The second kappa shape index (κ2) is 11.1. The molecule has 180 valence electrons. The number of nitrogens with zero attached hydrogens (tertiary/aromatic N) is 1. The Kier molecular flexibility index (Phi) is 8.18. The van der Waals surface area contributed by atoms with Gasteiger partial charge >= 0.3 is 6.36 Å². The average Bonchev–Trinajstić information content (AvgIpc) is 3.26. The van der Waals surface area contributed by atoms with Crippen molar-refractivity contribution in [2.45, 2.75) is 58.0 Å². The molecule has 1 fully saturated rings. The van der Waals surface area contributed by atoms with Gasteiger partial charge in [-0.25, -0.2) is 4.98 Å². The largest absolute Gasteiger partial charge is 0.573 e. The molecule has 11 heteroatoms. The maximum atomic E-state index is 12.4. The van der Waals surface area contributed by atoms with Gasteiger partial charge in [-0.2, -0.15) is 0 Å². The number of carbonyl (C=O) groups excluding carboxylic acids is 2. The van der Waals surface area contributed by atoms with E-state index in [0.717, 1.165) is 25.0 Å². The third-order valence-corrected chi connectivity index (χ3v) is 5.36. The Balaban J connectivity index is 1.39. The van der Waals surface area contributed by atoms with Crippen LogP contribution >= 0.6 is 0 Å². The minimum atomic E-state index is -4.78. The highest BCUT2D eigenvalue weighted by Crippen LogP contribution is 2.26. The van der Waals surface area contributed by atoms with E-state index in [1.54, 1.807) is 0 Å². The van der Waals surface area contributed by atoms with Crippen molar-refractivity contribution in [3.8, 4) is 11.5 Å². The monoisotopic (exact) mass is 469 g/mol. The van der Waals surface area contributed by atoms with E-state index in [-0.39, 0.29) is 42.4 Å². The third kappa shape index (κ3) is 7.99. The molecule has 1 aromatic heterocycles. The van der Waals surface area contributed by atoms with Crippen molar-refractivity contribution < 1.29 is 36.7 Å². The van der Waals surface area contributed by atoms with Crippen molar-refractivity contribution in [3.05, 3.63) is 42.1 Å². The van der Waals surface area contributed by atoms with Gasteiger partial charge in [0.15, 0.2) is 12.3 Å². The lowest BCUT2D eigenvalue weighted by Crippen LogP contribution is -2.39. The molecule has 1 aromatic carbocycles. The van der Waals surface area contributed by atoms with Gasteiger partial charge in [-0.1, -0.05) is 19.3 Å².